The third-order valence-corrected chi connectivity index (χ3v) is 6.18. The molecule has 5 heteroatoms. The Hall–Kier alpha value is -2.95. The van der Waals surface area contributed by atoms with Crippen LogP contribution in [0.15, 0.2) is 36.4 Å². The number of nitrogens with one attached hydrogen (secondary N) is 1. The van der Waals surface area contributed by atoms with Crippen molar-refractivity contribution in [1.82, 2.24) is 4.98 Å². The lowest BCUT2D eigenvalue weighted by molar-refractivity contribution is -0.140. The number of aryl methyl sites for hydroxylation is 3. The summed E-state index contributed by atoms with van der Waals surface area (Å²) in [6.07, 6.45) is 6.24. The van der Waals surface area contributed by atoms with E-state index in [2.05, 4.69) is 43.1 Å². The van der Waals surface area contributed by atoms with Crippen molar-refractivity contribution in [1.29, 1.82) is 0 Å². The summed E-state index contributed by atoms with van der Waals surface area (Å²) >= 11 is 0. The van der Waals surface area contributed by atoms with Gasteiger partial charge in [0.05, 0.1) is 19.6 Å². The second-order valence-corrected chi connectivity index (χ2v) is 8.42. The van der Waals surface area contributed by atoms with Crippen molar-refractivity contribution in [3.8, 4) is 11.5 Å². The molecule has 1 fully saturated rings. The number of benzene rings is 2. The van der Waals surface area contributed by atoms with Crippen LogP contribution < -0.4 is 9.47 Å². The van der Waals surface area contributed by atoms with E-state index in [9.17, 15) is 4.79 Å². The molecule has 0 saturated heterocycles. The highest BCUT2D eigenvalue weighted by Crippen LogP contribution is 2.29. The number of carbonyl (C=O) groups excluding carboxylic acids is 1. The molecule has 1 N–H and O–H groups in total. The number of hydrogen-bond acceptors (Lipinski definition) is 4. The van der Waals surface area contributed by atoms with E-state index >= 15 is 0 Å². The predicted octanol–water partition coefficient (Wildman–Crippen LogP) is 5.79. The first-order chi connectivity index (χ1) is 15.0. The zero-order chi connectivity index (χ0) is 21.8. The van der Waals surface area contributed by atoms with E-state index in [4.69, 9.17) is 14.2 Å². The number of esters is 1. The monoisotopic (exact) mass is 421 g/mol. The van der Waals surface area contributed by atoms with Gasteiger partial charge in [0, 0.05) is 16.6 Å². The van der Waals surface area contributed by atoms with Gasteiger partial charge in [-0.05, 0) is 93.0 Å². The summed E-state index contributed by atoms with van der Waals surface area (Å²) in [6.45, 7) is 4.68. The molecule has 2 aromatic carbocycles. The standard InChI is InChI=1S/C26H31NO4/c1-17-14-19(8-12-25(17)31-20-6-4-5-7-20)16-30-21-9-10-24-22(15-21)18(2)23(27-24)11-13-26(28)29-3/h8-10,12,14-15,20,27H,4-7,11,13,16H2,1-3H3. The van der Waals surface area contributed by atoms with Crippen LogP contribution in [0.25, 0.3) is 10.9 Å². The smallest absolute Gasteiger partial charge is 0.305 e. The van der Waals surface area contributed by atoms with Gasteiger partial charge in [0.2, 0.25) is 0 Å². The van der Waals surface area contributed by atoms with E-state index < -0.39 is 0 Å². The molecule has 1 aliphatic rings. The second-order valence-electron chi connectivity index (χ2n) is 8.42. The van der Waals surface area contributed by atoms with Crippen LogP contribution in [0.5, 0.6) is 11.5 Å². The number of aromatic nitrogens is 1. The number of hydrogen-bond donors (Lipinski definition) is 1. The molecule has 0 bridgehead atoms. The van der Waals surface area contributed by atoms with E-state index in [0.717, 1.165) is 57.6 Å². The van der Waals surface area contributed by atoms with Crippen molar-refractivity contribution in [3.63, 3.8) is 0 Å². The fourth-order valence-corrected chi connectivity index (χ4v) is 4.32. The lowest BCUT2D eigenvalue weighted by atomic mass is 10.1. The molecule has 31 heavy (non-hydrogen) atoms. The first-order valence-corrected chi connectivity index (χ1v) is 11.1. The normalized spacial score (nSPS) is 14.2. The molecule has 1 aliphatic carbocycles. The van der Waals surface area contributed by atoms with E-state index in [1.54, 1.807) is 0 Å². The molecule has 0 aliphatic heterocycles. The van der Waals surface area contributed by atoms with E-state index in [-0.39, 0.29) is 5.97 Å². The molecule has 1 aromatic heterocycles. The molecule has 164 valence electrons. The maximum absolute atomic E-state index is 11.5. The molecule has 3 aromatic rings. The van der Waals surface area contributed by atoms with Crippen LogP contribution in [0, 0.1) is 13.8 Å². The summed E-state index contributed by atoms with van der Waals surface area (Å²) in [7, 11) is 1.42. The van der Waals surface area contributed by atoms with Crippen molar-refractivity contribution in [2.24, 2.45) is 0 Å². The van der Waals surface area contributed by atoms with Gasteiger partial charge in [0.1, 0.15) is 18.1 Å². The zero-order valence-corrected chi connectivity index (χ0v) is 18.6. The van der Waals surface area contributed by atoms with Crippen molar-refractivity contribution in [2.75, 3.05) is 7.11 Å². The quantitative estimate of drug-likeness (QED) is 0.468. The summed E-state index contributed by atoms with van der Waals surface area (Å²) in [6, 6.07) is 12.4. The second kappa shape index (κ2) is 9.46. The van der Waals surface area contributed by atoms with Crippen molar-refractivity contribution in [2.45, 2.75) is 65.1 Å². The van der Waals surface area contributed by atoms with Gasteiger partial charge in [-0.1, -0.05) is 6.07 Å². The average molecular weight is 422 g/mol. The topological polar surface area (TPSA) is 60.6 Å². The van der Waals surface area contributed by atoms with Crippen LogP contribution in [0.4, 0.5) is 0 Å². The zero-order valence-electron chi connectivity index (χ0n) is 18.6. The van der Waals surface area contributed by atoms with Crippen LogP contribution in [-0.2, 0) is 22.6 Å². The molecule has 1 saturated carbocycles. The number of carbonyl (C=O) groups is 1. The highest BCUT2D eigenvalue weighted by Gasteiger charge is 2.17. The number of ether oxygens (including phenoxy) is 3. The molecule has 1 heterocycles. The molecule has 0 radical (unpaired) electrons. The Morgan fingerprint density at radius 1 is 1.10 bits per heavy atom. The van der Waals surface area contributed by atoms with Crippen molar-refractivity contribution < 1.29 is 19.0 Å². The summed E-state index contributed by atoms with van der Waals surface area (Å²) in [5, 5.41) is 1.12. The lowest BCUT2D eigenvalue weighted by Gasteiger charge is -2.16. The van der Waals surface area contributed by atoms with Crippen LogP contribution >= 0.6 is 0 Å². The summed E-state index contributed by atoms with van der Waals surface area (Å²) in [5.74, 6) is 1.62. The molecule has 0 atom stereocenters. The number of methoxy groups -OCH3 is 1. The van der Waals surface area contributed by atoms with E-state index in [0.29, 0.717) is 25.6 Å². The van der Waals surface area contributed by atoms with Gasteiger partial charge in [-0.2, -0.15) is 0 Å². The SMILES string of the molecule is COC(=O)CCc1[nH]c2ccc(OCc3ccc(OC4CCCC4)c(C)c3)cc2c1C. The van der Waals surface area contributed by atoms with Gasteiger partial charge >= 0.3 is 5.97 Å². The molecule has 5 nitrogen and oxygen atoms in total. The lowest BCUT2D eigenvalue weighted by Crippen LogP contribution is -2.11. The number of H-pyrrole nitrogens is 1. The molecular formula is C26H31NO4. The fourth-order valence-electron chi connectivity index (χ4n) is 4.32. The minimum absolute atomic E-state index is 0.197. The van der Waals surface area contributed by atoms with Crippen molar-refractivity contribution >= 4 is 16.9 Å². The highest BCUT2D eigenvalue weighted by molar-refractivity contribution is 5.86. The number of aromatic amines is 1. The van der Waals surface area contributed by atoms with E-state index in [1.807, 2.05) is 12.1 Å². The van der Waals surface area contributed by atoms with Gasteiger partial charge in [-0.15, -0.1) is 0 Å². The first kappa shape index (κ1) is 21.3. The predicted molar refractivity (Wildman–Crippen MR) is 122 cm³/mol. The largest absolute Gasteiger partial charge is 0.490 e. The summed E-state index contributed by atoms with van der Waals surface area (Å²) in [5.41, 5.74) is 5.54. The highest BCUT2D eigenvalue weighted by atomic mass is 16.5. The van der Waals surface area contributed by atoms with Gasteiger partial charge in [-0.3, -0.25) is 4.79 Å². The average Bonchev–Trinajstić information content (AvgIpc) is 3.40. The Labute approximate surface area is 183 Å². The Morgan fingerprint density at radius 2 is 1.90 bits per heavy atom. The Kier molecular flexibility index (Phi) is 6.50. The maximum atomic E-state index is 11.5. The summed E-state index contributed by atoms with van der Waals surface area (Å²) < 4.78 is 17.0. The molecule has 0 spiro atoms. The third-order valence-electron chi connectivity index (χ3n) is 6.18. The number of rotatable bonds is 8. The van der Waals surface area contributed by atoms with Gasteiger partial charge in [-0.25, -0.2) is 0 Å². The Morgan fingerprint density at radius 3 is 2.65 bits per heavy atom. The maximum Gasteiger partial charge on any atom is 0.305 e. The molecule has 4 rings (SSSR count). The molecule has 0 amide bonds. The van der Waals surface area contributed by atoms with Crippen LogP contribution in [0.3, 0.4) is 0 Å². The third kappa shape index (κ3) is 5.04. The van der Waals surface area contributed by atoms with E-state index in [1.165, 1.54) is 20.0 Å². The Bertz CT molecular complexity index is 1060. The van der Waals surface area contributed by atoms with Gasteiger partial charge in [0.25, 0.3) is 0 Å². The molecule has 0 unspecified atom stereocenters. The first-order valence-electron chi connectivity index (χ1n) is 11.1. The molecular weight excluding hydrogens is 390 g/mol. The van der Waals surface area contributed by atoms with Gasteiger partial charge in [0.15, 0.2) is 0 Å². The van der Waals surface area contributed by atoms with Crippen LogP contribution in [0.1, 0.15) is 54.5 Å². The summed E-state index contributed by atoms with van der Waals surface area (Å²) in [4.78, 5) is 14.9. The minimum Gasteiger partial charge on any atom is -0.490 e. The van der Waals surface area contributed by atoms with Crippen LogP contribution in [0.2, 0.25) is 0 Å². The van der Waals surface area contributed by atoms with Crippen LogP contribution in [-0.4, -0.2) is 24.2 Å². The minimum atomic E-state index is -0.197. The van der Waals surface area contributed by atoms with Gasteiger partial charge < -0.3 is 19.2 Å². The van der Waals surface area contributed by atoms with Crippen molar-refractivity contribution in [3.05, 3.63) is 58.8 Å². The Balaban J connectivity index is 1.41. The number of fused-ring (bicyclic) bond motifs is 1. The fraction of sp³-hybridized carbons (Fsp3) is 0.423.